The van der Waals surface area contributed by atoms with Crippen molar-refractivity contribution in [3.63, 3.8) is 0 Å². The zero-order valence-electron chi connectivity index (χ0n) is 15.5. The lowest BCUT2D eigenvalue weighted by Gasteiger charge is -2.59. The van der Waals surface area contributed by atoms with E-state index in [2.05, 4.69) is 25.8 Å². The quantitative estimate of drug-likeness (QED) is 0.506. The first-order valence-electron chi connectivity index (χ1n) is 10.0. The van der Waals surface area contributed by atoms with Crippen LogP contribution >= 0.6 is 0 Å². The number of allylic oxidation sites excluding steroid dienone is 1. The Labute approximate surface area is 151 Å². The van der Waals surface area contributed by atoms with Crippen LogP contribution in [0.4, 0.5) is 0 Å². The number of hydrogen-bond donors (Lipinski definition) is 3. The topological polar surface area (TPSA) is 60.7 Å². The third-order valence-electron chi connectivity index (χ3n) is 8.89. The standard InChI is InChI=1S/C22H32O3/c1-4-22(25)14(2)11-19-17-6-5-15-12-16(24)7-10-21(15,13-23)18(17)8-9-20(19,22)3/h1,5,14,16-19,23-25H,6-13H2,2-3H3/t14-,16+,17?,18?,19?,20-,21+,22+/m0/s1. The van der Waals surface area contributed by atoms with Crippen LogP contribution in [0.3, 0.4) is 0 Å². The molecular weight excluding hydrogens is 312 g/mol. The summed E-state index contributed by atoms with van der Waals surface area (Å²) in [4.78, 5) is 0. The van der Waals surface area contributed by atoms with Crippen molar-refractivity contribution in [3.8, 4) is 12.3 Å². The Bertz CT molecular complexity index is 634. The highest BCUT2D eigenvalue weighted by Crippen LogP contribution is 2.68. The van der Waals surface area contributed by atoms with Crippen LogP contribution in [-0.2, 0) is 0 Å². The van der Waals surface area contributed by atoms with Crippen LogP contribution in [0.1, 0.15) is 58.8 Å². The van der Waals surface area contributed by atoms with Gasteiger partial charge in [0.05, 0.1) is 12.7 Å². The summed E-state index contributed by atoms with van der Waals surface area (Å²) in [5, 5.41) is 31.8. The maximum absolute atomic E-state index is 11.3. The molecule has 0 radical (unpaired) electrons. The summed E-state index contributed by atoms with van der Waals surface area (Å²) in [6.07, 6.45) is 14.2. The molecule has 8 atom stereocenters. The largest absolute Gasteiger partial charge is 0.395 e. The normalized spacial score (nSPS) is 54.7. The van der Waals surface area contributed by atoms with Gasteiger partial charge in [0.2, 0.25) is 0 Å². The van der Waals surface area contributed by atoms with Gasteiger partial charge in [-0.3, -0.25) is 0 Å². The monoisotopic (exact) mass is 344 g/mol. The van der Waals surface area contributed by atoms with Gasteiger partial charge in [0, 0.05) is 10.8 Å². The highest BCUT2D eigenvalue weighted by Gasteiger charge is 2.66. The zero-order chi connectivity index (χ0) is 18.0. The van der Waals surface area contributed by atoms with Crippen LogP contribution in [-0.4, -0.2) is 33.6 Å². The van der Waals surface area contributed by atoms with Crippen LogP contribution in [0.15, 0.2) is 11.6 Å². The summed E-state index contributed by atoms with van der Waals surface area (Å²) in [7, 11) is 0. The molecule has 0 aliphatic heterocycles. The lowest BCUT2D eigenvalue weighted by Crippen LogP contribution is -2.56. The average molecular weight is 344 g/mol. The van der Waals surface area contributed by atoms with Crippen molar-refractivity contribution in [1.29, 1.82) is 0 Å². The predicted octanol–water partition coefficient (Wildman–Crippen LogP) is 2.89. The summed E-state index contributed by atoms with van der Waals surface area (Å²) in [5.41, 5.74) is -0.0963. The molecule has 0 saturated heterocycles. The average Bonchev–Trinajstić information content (AvgIpc) is 2.82. The van der Waals surface area contributed by atoms with Gasteiger partial charge in [-0.25, -0.2) is 0 Å². The molecule has 4 aliphatic carbocycles. The first-order valence-corrected chi connectivity index (χ1v) is 10.0. The molecule has 138 valence electrons. The number of aliphatic hydroxyl groups is 3. The Balaban J connectivity index is 1.74. The summed E-state index contributed by atoms with van der Waals surface area (Å²) < 4.78 is 0. The van der Waals surface area contributed by atoms with Crippen LogP contribution in [0.2, 0.25) is 0 Å². The van der Waals surface area contributed by atoms with Crippen molar-refractivity contribution in [2.45, 2.75) is 70.5 Å². The fourth-order valence-corrected chi connectivity index (χ4v) is 7.38. The van der Waals surface area contributed by atoms with E-state index in [9.17, 15) is 15.3 Å². The van der Waals surface area contributed by atoms with Gasteiger partial charge in [0.1, 0.15) is 5.60 Å². The molecule has 3 N–H and O–H groups in total. The zero-order valence-corrected chi connectivity index (χ0v) is 15.5. The molecule has 0 heterocycles. The van der Waals surface area contributed by atoms with E-state index in [0.29, 0.717) is 17.8 Å². The molecule has 0 aromatic carbocycles. The maximum atomic E-state index is 11.3. The van der Waals surface area contributed by atoms with E-state index in [1.54, 1.807) is 0 Å². The molecule has 0 amide bonds. The van der Waals surface area contributed by atoms with Gasteiger partial charge in [-0.05, 0) is 68.6 Å². The minimum atomic E-state index is -1.01. The van der Waals surface area contributed by atoms with E-state index in [4.69, 9.17) is 6.42 Å². The molecule has 3 nitrogen and oxygen atoms in total. The minimum absolute atomic E-state index is 0.120. The van der Waals surface area contributed by atoms with Crippen molar-refractivity contribution in [2.24, 2.45) is 34.5 Å². The van der Waals surface area contributed by atoms with Crippen molar-refractivity contribution in [1.82, 2.24) is 0 Å². The van der Waals surface area contributed by atoms with E-state index in [0.717, 1.165) is 44.9 Å². The van der Waals surface area contributed by atoms with Crippen molar-refractivity contribution >= 4 is 0 Å². The van der Waals surface area contributed by atoms with E-state index in [-0.39, 0.29) is 29.5 Å². The maximum Gasteiger partial charge on any atom is 0.133 e. The highest BCUT2D eigenvalue weighted by molar-refractivity contribution is 5.30. The number of aliphatic hydroxyl groups excluding tert-OH is 2. The first-order chi connectivity index (χ1) is 11.8. The Morgan fingerprint density at radius 2 is 2.04 bits per heavy atom. The third-order valence-corrected chi connectivity index (χ3v) is 8.89. The van der Waals surface area contributed by atoms with E-state index < -0.39 is 5.60 Å². The molecule has 25 heavy (non-hydrogen) atoms. The van der Waals surface area contributed by atoms with Crippen molar-refractivity contribution in [2.75, 3.05) is 6.61 Å². The summed E-state index contributed by atoms with van der Waals surface area (Å²) in [6, 6.07) is 0. The Morgan fingerprint density at radius 1 is 1.28 bits per heavy atom. The van der Waals surface area contributed by atoms with E-state index in [1.807, 2.05) is 0 Å². The van der Waals surface area contributed by atoms with Gasteiger partial charge in [-0.15, -0.1) is 6.42 Å². The van der Waals surface area contributed by atoms with Gasteiger partial charge in [-0.1, -0.05) is 31.4 Å². The summed E-state index contributed by atoms with van der Waals surface area (Å²) >= 11 is 0. The fourth-order valence-electron chi connectivity index (χ4n) is 7.38. The number of rotatable bonds is 1. The molecule has 3 saturated carbocycles. The van der Waals surface area contributed by atoms with Gasteiger partial charge >= 0.3 is 0 Å². The molecule has 0 spiro atoms. The SMILES string of the molecule is C#C[C@@]1(O)[C@@H](C)CC2C3CC=C4C[C@H](O)CC[C@]4(CO)C3CC[C@@]21C. The predicted molar refractivity (Wildman–Crippen MR) is 97.5 cm³/mol. The molecule has 3 heteroatoms. The van der Waals surface area contributed by atoms with Crippen molar-refractivity contribution in [3.05, 3.63) is 11.6 Å². The lowest BCUT2D eigenvalue weighted by molar-refractivity contribution is -0.114. The van der Waals surface area contributed by atoms with Crippen LogP contribution in [0.25, 0.3) is 0 Å². The number of hydrogen-bond acceptors (Lipinski definition) is 3. The first kappa shape index (κ1) is 17.6. The van der Waals surface area contributed by atoms with Gasteiger partial charge in [0.15, 0.2) is 0 Å². The van der Waals surface area contributed by atoms with Gasteiger partial charge in [0.25, 0.3) is 0 Å². The molecule has 4 rings (SSSR count). The smallest absolute Gasteiger partial charge is 0.133 e. The molecule has 3 unspecified atom stereocenters. The lowest BCUT2D eigenvalue weighted by atomic mass is 9.46. The van der Waals surface area contributed by atoms with Gasteiger partial charge in [-0.2, -0.15) is 0 Å². The fraction of sp³-hybridized carbons (Fsp3) is 0.818. The van der Waals surface area contributed by atoms with E-state index >= 15 is 0 Å². The second kappa shape index (κ2) is 5.59. The second-order valence-electron chi connectivity index (χ2n) is 9.56. The second-order valence-corrected chi connectivity index (χ2v) is 9.56. The molecule has 0 aromatic rings. The summed E-state index contributed by atoms with van der Waals surface area (Å²) in [5.74, 6) is 4.24. The van der Waals surface area contributed by atoms with E-state index in [1.165, 1.54) is 5.57 Å². The molecule has 3 fully saturated rings. The Kier molecular flexibility index (Phi) is 3.93. The molecule has 0 bridgehead atoms. The molecule has 0 aromatic heterocycles. The van der Waals surface area contributed by atoms with Crippen LogP contribution in [0.5, 0.6) is 0 Å². The Morgan fingerprint density at radius 3 is 2.72 bits per heavy atom. The third kappa shape index (κ3) is 2.05. The molecule has 4 aliphatic rings. The minimum Gasteiger partial charge on any atom is -0.395 e. The molecular formula is C22H32O3. The number of fused-ring (bicyclic) bond motifs is 5. The summed E-state index contributed by atoms with van der Waals surface area (Å²) in [6.45, 7) is 4.49. The highest BCUT2D eigenvalue weighted by atomic mass is 16.3. The Hall–Kier alpha value is -0.820. The van der Waals surface area contributed by atoms with Gasteiger partial charge < -0.3 is 15.3 Å². The van der Waals surface area contributed by atoms with Crippen molar-refractivity contribution < 1.29 is 15.3 Å². The number of terminal acetylenes is 1. The van der Waals surface area contributed by atoms with Crippen LogP contribution < -0.4 is 0 Å². The van der Waals surface area contributed by atoms with Crippen LogP contribution in [0, 0.1) is 46.8 Å².